The van der Waals surface area contributed by atoms with Crippen LogP contribution < -0.4 is 9.62 Å². The van der Waals surface area contributed by atoms with E-state index in [9.17, 15) is 8.42 Å². The third-order valence-electron chi connectivity index (χ3n) is 6.61. The van der Waals surface area contributed by atoms with E-state index in [-0.39, 0.29) is 11.8 Å². The number of anilines is 2. The van der Waals surface area contributed by atoms with Crippen molar-refractivity contribution in [3.63, 3.8) is 0 Å². The number of rotatable bonds is 8. The van der Waals surface area contributed by atoms with Crippen LogP contribution in [0.3, 0.4) is 0 Å². The van der Waals surface area contributed by atoms with Crippen LogP contribution in [0.2, 0.25) is 0 Å². The van der Waals surface area contributed by atoms with Crippen molar-refractivity contribution in [1.82, 2.24) is 0 Å². The van der Waals surface area contributed by atoms with Crippen LogP contribution in [-0.2, 0) is 14.8 Å². The quantitative estimate of drug-likeness (QED) is 0.478. The number of hydrogen-bond donors (Lipinski definition) is 1. The Bertz CT molecular complexity index is 1010. The molecule has 0 spiro atoms. The second-order valence-electron chi connectivity index (χ2n) is 10.1. The van der Waals surface area contributed by atoms with Gasteiger partial charge in [0, 0.05) is 31.6 Å². The fourth-order valence-electron chi connectivity index (χ4n) is 4.50. The van der Waals surface area contributed by atoms with Crippen molar-refractivity contribution in [3.8, 4) is 0 Å². The summed E-state index contributed by atoms with van der Waals surface area (Å²) >= 11 is 0. The Kier molecular flexibility index (Phi) is 8.12. The molecule has 0 atom stereocenters. The van der Waals surface area contributed by atoms with E-state index in [1.165, 1.54) is 5.56 Å². The van der Waals surface area contributed by atoms with Crippen molar-refractivity contribution >= 4 is 21.4 Å². The van der Waals surface area contributed by atoms with Gasteiger partial charge in [0.15, 0.2) is 0 Å². The summed E-state index contributed by atoms with van der Waals surface area (Å²) in [5, 5.41) is 0. The van der Waals surface area contributed by atoms with E-state index in [0.717, 1.165) is 42.7 Å². The first-order chi connectivity index (χ1) is 15.5. The summed E-state index contributed by atoms with van der Waals surface area (Å²) in [5.41, 5.74) is 4.65. The summed E-state index contributed by atoms with van der Waals surface area (Å²) in [7, 11) is -1.96. The molecule has 33 heavy (non-hydrogen) atoms. The molecule has 0 bridgehead atoms. The SMILES string of the molecule is COC1CCN(c2ccc(NS(=O)(=O)c3c(C(C)C)cc(C(C)C)cc3C(C)C)cc2)CC1. The Hall–Kier alpha value is -2.05. The molecular formula is C27H40N2O3S. The van der Waals surface area contributed by atoms with Crippen LogP contribution in [0, 0.1) is 0 Å². The highest BCUT2D eigenvalue weighted by Crippen LogP contribution is 2.36. The first-order valence-electron chi connectivity index (χ1n) is 12.1. The smallest absolute Gasteiger partial charge is 0.262 e. The summed E-state index contributed by atoms with van der Waals surface area (Å²) in [4.78, 5) is 2.76. The molecule has 6 heteroatoms. The molecule has 2 aromatic carbocycles. The van der Waals surface area contributed by atoms with Gasteiger partial charge in [-0.3, -0.25) is 4.72 Å². The molecule has 3 rings (SSSR count). The molecule has 0 unspecified atom stereocenters. The molecule has 2 aromatic rings. The second-order valence-corrected chi connectivity index (χ2v) is 11.7. The van der Waals surface area contributed by atoms with Crippen LogP contribution >= 0.6 is 0 Å². The fourth-order valence-corrected chi connectivity index (χ4v) is 6.25. The zero-order chi connectivity index (χ0) is 24.3. The molecule has 1 saturated heterocycles. The van der Waals surface area contributed by atoms with E-state index in [1.54, 1.807) is 7.11 Å². The normalized spacial score (nSPS) is 15.6. The van der Waals surface area contributed by atoms with Gasteiger partial charge < -0.3 is 9.64 Å². The van der Waals surface area contributed by atoms with Gasteiger partial charge in [0.05, 0.1) is 11.0 Å². The minimum absolute atomic E-state index is 0.102. The van der Waals surface area contributed by atoms with Crippen molar-refractivity contribution in [2.24, 2.45) is 0 Å². The Labute approximate surface area is 200 Å². The maximum absolute atomic E-state index is 13.7. The molecule has 0 aromatic heterocycles. The van der Waals surface area contributed by atoms with E-state index in [1.807, 2.05) is 24.3 Å². The monoisotopic (exact) mass is 472 g/mol. The van der Waals surface area contributed by atoms with Crippen LogP contribution in [0.4, 0.5) is 11.4 Å². The lowest BCUT2D eigenvalue weighted by atomic mass is 9.89. The van der Waals surface area contributed by atoms with Crippen molar-refractivity contribution in [1.29, 1.82) is 0 Å². The van der Waals surface area contributed by atoms with Gasteiger partial charge >= 0.3 is 0 Å². The molecule has 1 aliphatic rings. The maximum atomic E-state index is 13.7. The Balaban J connectivity index is 1.90. The van der Waals surface area contributed by atoms with Gasteiger partial charge in [-0.1, -0.05) is 53.7 Å². The Morgan fingerprint density at radius 3 is 1.82 bits per heavy atom. The van der Waals surface area contributed by atoms with Crippen LogP contribution in [-0.4, -0.2) is 34.7 Å². The number of nitrogens with zero attached hydrogens (tertiary/aromatic N) is 1. The van der Waals surface area contributed by atoms with Gasteiger partial charge in [-0.2, -0.15) is 0 Å². The van der Waals surface area contributed by atoms with Gasteiger partial charge in [0.25, 0.3) is 10.0 Å². The van der Waals surface area contributed by atoms with Crippen LogP contribution in [0.15, 0.2) is 41.3 Å². The first-order valence-corrected chi connectivity index (χ1v) is 13.6. The van der Waals surface area contributed by atoms with Crippen molar-refractivity contribution in [2.75, 3.05) is 29.8 Å². The van der Waals surface area contributed by atoms with E-state index in [4.69, 9.17) is 4.74 Å². The minimum Gasteiger partial charge on any atom is -0.381 e. The van der Waals surface area contributed by atoms with Gasteiger partial charge in [-0.05, 0) is 71.6 Å². The largest absolute Gasteiger partial charge is 0.381 e. The van der Waals surface area contributed by atoms with Gasteiger partial charge in [0.1, 0.15) is 0 Å². The van der Waals surface area contributed by atoms with Crippen LogP contribution in [0.5, 0.6) is 0 Å². The highest BCUT2D eigenvalue weighted by molar-refractivity contribution is 7.92. The molecule has 5 nitrogen and oxygen atoms in total. The molecule has 0 saturated carbocycles. The number of benzene rings is 2. The van der Waals surface area contributed by atoms with Crippen molar-refractivity contribution in [2.45, 2.75) is 83.1 Å². The average molecular weight is 473 g/mol. The summed E-state index contributed by atoms with van der Waals surface area (Å²) < 4.78 is 35.6. The third-order valence-corrected chi connectivity index (χ3v) is 8.12. The summed E-state index contributed by atoms with van der Waals surface area (Å²) in [6.45, 7) is 14.4. The number of hydrogen-bond acceptors (Lipinski definition) is 4. The topological polar surface area (TPSA) is 58.6 Å². The summed E-state index contributed by atoms with van der Waals surface area (Å²) in [6, 6.07) is 11.9. The molecule has 182 valence electrons. The number of piperidine rings is 1. The molecule has 0 amide bonds. The average Bonchev–Trinajstić information content (AvgIpc) is 2.78. The van der Waals surface area contributed by atoms with E-state index in [2.05, 4.69) is 63.3 Å². The van der Waals surface area contributed by atoms with Crippen molar-refractivity contribution in [3.05, 3.63) is 53.1 Å². The van der Waals surface area contributed by atoms with Crippen LogP contribution in [0.25, 0.3) is 0 Å². The second kappa shape index (κ2) is 10.5. The first kappa shape index (κ1) is 25.6. The molecule has 1 fully saturated rings. The molecule has 0 radical (unpaired) electrons. The number of ether oxygens (including phenoxy) is 1. The van der Waals surface area contributed by atoms with Crippen molar-refractivity contribution < 1.29 is 13.2 Å². The molecule has 1 aliphatic heterocycles. The minimum atomic E-state index is -3.74. The lowest BCUT2D eigenvalue weighted by Crippen LogP contribution is -2.36. The fraction of sp³-hybridized carbons (Fsp3) is 0.556. The van der Waals surface area contributed by atoms with E-state index in [0.29, 0.717) is 22.6 Å². The van der Waals surface area contributed by atoms with Crippen LogP contribution in [0.1, 0.15) is 88.8 Å². The predicted molar refractivity (Wildman–Crippen MR) is 138 cm³/mol. The highest BCUT2D eigenvalue weighted by Gasteiger charge is 2.27. The zero-order valence-corrected chi connectivity index (χ0v) is 22.0. The molecule has 0 aliphatic carbocycles. The Morgan fingerprint density at radius 1 is 0.879 bits per heavy atom. The number of sulfonamides is 1. The number of nitrogens with one attached hydrogen (secondary N) is 1. The summed E-state index contributed by atoms with van der Waals surface area (Å²) in [6.07, 6.45) is 2.35. The van der Waals surface area contributed by atoms with Gasteiger partial charge in [-0.15, -0.1) is 0 Å². The van der Waals surface area contributed by atoms with E-state index < -0.39 is 10.0 Å². The molecule has 1 N–H and O–H groups in total. The highest BCUT2D eigenvalue weighted by atomic mass is 32.2. The summed E-state index contributed by atoms with van der Waals surface area (Å²) in [5.74, 6) is 0.543. The molecular weight excluding hydrogens is 432 g/mol. The Morgan fingerprint density at radius 2 is 1.39 bits per heavy atom. The van der Waals surface area contributed by atoms with Gasteiger partial charge in [-0.25, -0.2) is 8.42 Å². The lowest BCUT2D eigenvalue weighted by molar-refractivity contribution is 0.0819. The maximum Gasteiger partial charge on any atom is 0.262 e. The van der Waals surface area contributed by atoms with E-state index >= 15 is 0 Å². The predicted octanol–water partition coefficient (Wildman–Crippen LogP) is 6.47. The molecule has 1 heterocycles. The third kappa shape index (κ3) is 5.90. The lowest BCUT2D eigenvalue weighted by Gasteiger charge is -2.33. The standard InChI is InChI=1S/C27H40N2O3S/c1-18(2)21-16-25(19(3)4)27(26(17-21)20(5)6)33(30,31)28-22-8-10-23(11-9-22)29-14-12-24(32-7)13-15-29/h8-11,16-20,24,28H,12-15H2,1-7H3. The van der Waals surface area contributed by atoms with Gasteiger partial charge in [0.2, 0.25) is 0 Å². The zero-order valence-electron chi connectivity index (χ0n) is 21.2. The number of methoxy groups -OCH3 is 1.